The van der Waals surface area contributed by atoms with Gasteiger partial charge in [-0.3, -0.25) is 28.3 Å². The third-order valence-electron chi connectivity index (χ3n) is 3.50. The smallest absolute Gasteiger partial charge is 0.278 e. The minimum Gasteiger partial charge on any atom is -0.493 e. The molecule has 0 amide bonds. The van der Waals surface area contributed by atoms with Crippen molar-refractivity contribution in [3.63, 3.8) is 0 Å². The van der Waals surface area contributed by atoms with Gasteiger partial charge in [0.2, 0.25) is 11.8 Å². The van der Waals surface area contributed by atoms with E-state index in [0.717, 1.165) is 0 Å². The lowest BCUT2D eigenvalue weighted by molar-refractivity contribution is 0.396. The Balaban J connectivity index is 2.53. The molecule has 0 radical (unpaired) electrons. The molecule has 0 fully saturated rings. The fraction of sp³-hybridized carbons (Fsp3) is 0.308. The monoisotopic (exact) mass is 292 g/mol. The minimum atomic E-state index is -0.388. The van der Waals surface area contributed by atoms with Crippen LogP contribution in [0.25, 0.3) is 12.2 Å². The normalized spacial score (nSPS) is 10.5. The summed E-state index contributed by atoms with van der Waals surface area (Å²) in [6, 6.07) is 0. The van der Waals surface area contributed by atoms with Crippen molar-refractivity contribution in [2.24, 2.45) is 28.2 Å². The molecule has 8 heteroatoms. The quantitative estimate of drug-likeness (QED) is 0.729. The van der Waals surface area contributed by atoms with Crippen LogP contribution in [0.3, 0.4) is 0 Å². The van der Waals surface area contributed by atoms with Gasteiger partial charge in [-0.2, -0.15) is 0 Å². The number of rotatable bonds is 2. The molecule has 0 aliphatic heterocycles. The van der Waals surface area contributed by atoms with E-state index in [2.05, 4.69) is 5.73 Å². The fourth-order valence-electron chi connectivity index (χ4n) is 1.91. The molecule has 0 aliphatic carbocycles. The molecule has 0 atom stereocenters. The highest BCUT2D eigenvalue weighted by molar-refractivity contribution is 5.61. The Morgan fingerprint density at radius 1 is 0.762 bits per heavy atom. The number of nitrogens with zero attached hydrogens (tertiary/aromatic N) is 4. The molecule has 0 aromatic carbocycles. The molecule has 112 valence electrons. The van der Waals surface area contributed by atoms with Crippen LogP contribution in [0.5, 0.6) is 11.8 Å². The zero-order valence-electron chi connectivity index (χ0n) is 12.2. The molecule has 2 aromatic rings. The number of aromatic hydroxyl groups is 2. The van der Waals surface area contributed by atoms with Crippen LogP contribution in [-0.2, 0) is 28.2 Å². The van der Waals surface area contributed by atoms with E-state index in [1.54, 1.807) is 0 Å². The average Bonchev–Trinajstić information content (AvgIpc) is 2.76. The highest BCUT2D eigenvalue weighted by Crippen LogP contribution is 2.15. The summed E-state index contributed by atoms with van der Waals surface area (Å²) in [5.74, 6) is -0.401. The molecule has 0 saturated carbocycles. The third-order valence-corrected chi connectivity index (χ3v) is 3.50. The van der Waals surface area contributed by atoms with Gasteiger partial charge in [0.25, 0.3) is 11.1 Å². The molecular weight excluding hydrogens is 276 g/mol. The standard InChI is InChI=1S/C13H16N4O4/c1-14-10(18)8(11(19)15(14)2)6-5-7-9-12(20)16(3)17(4)13(9)21/h6-7,18,20H,1-4H3. The second-order valence-electron chi connectivity index (χ2n) is 4.63. The van der Waals surface area contributed by atoms with Gasteiger partial charge in [0, 0.05) is 28.2 Å². The number of hydrogen-bond acceptors (Lipinski definition) is 4. The lowest BCUT2D eigenvalue weighted by atomic mass is 10.3. The van der Waals surface area contributed by atoms with Crippen LogP contribution in [0.2, 0.25) is 0 Å². The van der Waals surface area contributed by atoms with Gasteiger partial charge in [0.05, 0.1) is 0 Å². The second kappa shape index (κ2) is 4.92. The Kier molecular flexibility index (Phi) is 3.40. The van der Waals surface area contributed by atoms with E-state index >= 15 is 0 Å². The predicted octanol–water partition coefficient (Wildman–Crippen LogP) is -0.502. The maximum Gasteiger partial charge on any atom is 0.278 e. The number of aromatic nitrogens is 4. The highest BCUT2D eigenvalue weighted by atomic mass is 16.3. The van der Waals surface area contributed by atoms with Crippen molar-refractivity contribution in [2.75, 3.05) is 0 Å². The molecule has 0 aliphatic rings. The molecule has 0 bridgehead atoms. The Bertz CT molecular complexity index is 815. The molecule has 2 heterocycles. The first-order valence-electron chi connectivity index (χ1n) is 6.09. The van der Waals surface area contributed by atoms with Gasteiger partial charge < -0.3 is 10.2 Å². The van der Waals surface area contributed by atoms with Crippen LogP contribution in [-0.4, -0.2) is 28.9 Å². The van der Waals surface area contributed by atoms with Gasteiger partial charge >= 0.3 is 0 Å². The lowest BCUT2D eigenvalue weighted by Gasteiger charge is -1.97. The van der Waals surface area contributed by atoms with Crippen molar-refractivity contribution in [1.82, 2.24) is 18.7 Å². The van der Waals surface area contributed by atoms with E-state index in [4.69, 9.17) is 0 Å². The van der Waals surface area contributed by atoms with Crippen LogP contribution in [0, 0.1) is 0 Å². The van der Waals surface area contributed by atoms with Crippen molar-refractivity contribution in [2.45, 2.75) is 0 Å². The predicted molar refractivity (Wildman–Crippen MR) is 77.1 cm³/mol. The summed E-state index contributed by atoms with van der Waals surface area (Å²) >= 11 is 0. The van der Waals surface area contributed by atoms with Gasteiger partial charge in [-0.15, -0.1) is 5.73 Å². The lowest BCUT2D eigenvalue weighted by Crippen LogP contribution is -2.17. The minimum absolute atomic E-state index is 0.0588. The summed E-state index contributed by atoms with van der Waals surface area (Å²) < 4.78 is 5.05. The van der Waals surface area contributed by atoms with E-state index in [0.29, 0.717) is 0 Å². The van der Waals surface area contributed by atoms with Crippen LogP contribution >= 0.6 is 0 Å². The first kappa shape index (κ1) is 14.5. The van der Waals surface area contributed by atoms with E-state index in [-0.39, 0.29) is 34.0 Å². The van der Waals surface area contributed by atoms with Crippen molar-refractivity contribution in [3.8, 4) is 11.8 Å². The molecule has 0 saturated heterocycles. The number of hydrogen-bond donors (Lipinski definition) is 2. The van der Waals surface area contributed by atoms with Crippen LogP contribution < -0.4 is 11.1 Å². The van der Waals surface area contributed by atoms with Gasteiger partial charge in [-0.1, -0.05) is 0 Å². The second-order valence-corrected chi connectivity index (χ2v) is 4.63. The average molecular weight is 292 g/mol. The Morgan fingerprint density at radius 2 is 1.10 bits per heavy atom. The van der Waals surface area contributed by atoms with E-state index in [9.17, 15) is 19.8 Å². The summed E-state index contributed by atoms with van der Waals surface area (Å²) in [5.41, 5.74) is 1.98. The summed E-state index contributed by atoms with van der Waals surface area (Å²) in [6.45, 7) is 0. The first-order chi connectivity index (χ1) is 9.77. The largest absolute Gasteiger partial charge is 0.493 e. The van der Waals surface area contributed by atoms with Gasteiger partial charge in [0.1, 0.15) is 11.1 Å². The van der Waals surface area contributed by atoms with Crippen molar-refractivity contribution >= 4 is 12.2 Å². The molecule has 8 nitrogen and oxygen atoms in total. The zero-order chi connectivity index (χ0) is 15.9. The Hall–Kier alpha value is -2.86. The molecule has 0 unspecified atom stereocenters. The van der Waals surface area contributed by atoms with Crippen LogP contribution in [0.4, 0.5) is 0 Å². The maximum absolute atomic E-state index is 11.8. The summed E-state index contributed by atoms with van der Waals surface area (Å²) in [7, 11) is 6.11. The van der Waals surface area contributed by atoms with Gasteiger partial charge in [-0.25, -0.2) is 0 Å². The van der Waals surface area contributed by atoms with Crippen LogP contribution in [0.15, 0.2) is 15.3 Å². The van der Waals surface area contributed by atoms with Crippen LogP contribution in [0.1, 0.15) is 11.1 Å². The van der Waals surface area contributed by atoms with E-state index in [1.165, 1.54) is 59.1 Å². The topological polar surface area (TPSA) is 94.3 Å². The highest BCUT2D eigenvalue weighted by Gasteiger charge is 2.13. The maximum atomic E-state index is 11.8. The molecule has 0 spiro atoms. The van der Waals surface area contributed by atoms with Crippen molar-refractivity contribution in [3.05, 3.63) is 37.6 Å². The third kappa shape index (κ3) is 2.11. The summed E-state index contributed by atoms with van der Waals surface area (Å²) in [6.07, 6.45) is 2.53. The molecular formula is C13H16N4O4. The first-order valence-corrected chi connectivity index (χ1v) is 6.09. The van der Waals surface area contributed by atoms with Crippen molar-refractivity contribution < 1.29 is 10.2 Å². The molecule has 2 N–H and O–H groups in total. The van der Waals surface area contributed by atoms with Gasteiger partial charge in [0.15, 0.2) is 0 Å². The van der Waals surface area contributed by atoms with Gasteiger partial charge in [-0.05, 0) is 12.2 Å². The molecule has 2 aromatic heterocycles. The molecule has 2 rings (SSSR count). The SMILES string of the molecule is Cn1c(O)c(C=C=Cc2c(O)n(C)n(C)c2=O)c(=O)n1C. The van der Waals surface area contributed by atoms with Crippen molar-refractivity contribution in [1.29, 1.82) is 0 Å². The Morgan fingerprint density at radius 3 is 1.33 bits per heavy atom. The molecule has 21 heavy (non-hydrogen) atoms. The van der Waals surface area contributed by atoms with E-state index in [1.807, 2.05) is 0 Å². The summed E-state index contributed by atoms with van der Waals surface area (Å²) in [5, 5.41) is 19.6. The summed E-state index contributed by atoms with van der Waals surface area (Å²) in [4.78, 5) is 23.6. The van der Waals surface area contributed by atoms with E-state index < -0.39 is 0 Å². The zero-order valence-corrected chi connectivity index (χ0v) is 12.2. The Labute approximate surface area is 119 Å². The fourth-order valence-corrected chi connectivity index (χ4v) is 1.91.